The van der Waals surface area contributed by atoms with Gasteiger partial charge in [0, 0.05) is 18.7 Å². The van der Waals surface area contributed by atoms with E-state index in [0.29, 0.717) is 36.0 Å². The van der Waals surface area contributed by atoms with Gasteiger partial charge in [-0.2, -0.15) is 4.80 Å². The number of aromatic nitrogens is 4. The molecule has 1 aromatic heterocycles. The van der Waals surface area contributed by atoms with Crippen LogP contribution in [0.1, 0.15) is 0 Å². The van der Waals surface area contributed by atoms with Gasteiger partial charge >= 0.3 is 6.03 Å². The van der Waals surface area contributed by atoms with Gasteiger partial charge in [-0.05, 0) is 23.4 Å². The van der Waals surface area contributed by atoms with Crippen molar-refractivity contribution in [3.63, 3.8) is 0 Å². The molecule has 1 fully saturated rings. The van der Waals surface area contributed by atoms with Gasteiger partial charge in [0.15, 0.2) is 11.5 Å². The second-order valence-electron chi connectivity index (χ2n) is 4.99. The van der Waals surface area contributed by atoms with Crippen LogP contribution in [0.4, 0.5) is 4.79 Å². The van der Waals surface area contributed by atoms with E-state index in [1.165, 1.54) is 7.11 Å². The maximum absolute atomic E-state index is 12.1. The largest absolute Gasteiger partial charge is 0.493 e. The van der Waals surface area contributed by atoms with Gasteiger partial charge in [-0.15, -0.1) is 10.2 Å². The number of benzene rings is 1. The van der Waals surface area contributed by atoms with E-state index in [1.807, 2.05) is 0 Å². The van der Waals surface area contributed by atoms with Crippen LogP contribution in [0.3, 0.4) is 0 Å². The summed E-state index contributed by atoms with van der Waals surface area (Å²) in [6, 6.07) is 4.81. The summed E-state index contributed by atoms with van der Waals surface area (Å²) in [5.74, 6) is 1.08. The molecule has 10 heteroatoms. The van der Waals surface area contributed by atoms with Crippen LogP contribution in [0.15, 0.2) is 18.2 Å². The van der Waals surface area contributed by atoms with Crippen LogP contribution in [0.5, 0.6) is 11.5 Å². The minimum absolute atomic E-state index is 0.159. The third kappa shape index (κ3) is 2.98. The fraction of sp³-hybridized carbons (Fsp3) is 0.357. The molecule has 0 bridgehead atoms. The summed E-state index contributed by atoms with van der Waals surface area (Å²) in [5.41, 5.74) is 0.672. The molecule has 1 saturated heterocycles. The third-order valence-electron chi connectivity index (χ3n) is 3.53. The van der Waals surface area contributed by atoms with E-state index in [1.54, 1.807) is 25.3 Å². The molecule has 0 aliphatic carbocycles. The van der Waals surface area contributed by atoms with Crippen LogP contribution in [0.25, 0.3) is 11.4 Å². The van der Waals surface area contributed by atoms with E-state index >= 15 is 0 Å². The van der Waals surface area contributed by atoms with Crippen molar-refractivity contribution in [2.75, 3.05) is 27.3 Å². The molecule has 24 heavy (non-hydrogen) atoms. The van der Waals surface area contributed by atoms with Gasteiger partial charge in [0.05, 0.1) is 14.2 Å². The van der Waals surface area contributed by atoms with Gasteiger partial charge in [-0.3, -0.25) is 9.69 Å². The molecule has 0 saturated carbocycles. The van der Waals surface area contributed by atoms with E-state index in [2.05, 4.69) is 20.7 Å². The van der Waals surface area contributed by atoms with Crippen molar-refractivity contribution in [1.29, 1.82) is 0 Å². The van der Waals surface area contributed by atoms with Gasteiger partial charge in [0.1, 0.15) is 6.54 Å². The quantitative estimate of drug-likeness (QED) is 0.814. The van der Waals surface area contributed by atoms with Gasteiger partial charge in [-0.25, -0.2) is 4.79 Å². The summed E-state index contributed by atoms with van der Waals surface area (Å²) in [4.78, 5) is 25.8. The highest BCUT2D eigenvalue weighted by atomic mass is 16.5. The Morgan fingerprint density at radius 3 is 2.75 bits per heavy atom. The second-order valence-corrected chi connectivity index (χ2v) is 4.99. The Hall–Kier alpha value is -3.17. The van der Waals surface area contributed by atoms with Crippen LogP contribution < -0.4 is 14.8 Å². The zero-order chi connectivity index (χ0) is 17.1. The fourth-order valence-electron chi connectivity index (χ4n) is 2.32. The molecule has 1 N–H and O–H groups in total. The first-order chi connectivity index (χ1) is 11.6. The maximum Gasteiger partial charge on any atom is 0.324 e. The number of ether oxygens (including phenoxy) is 2. The summed E-state index contributed by atoms with van der Waals surface area (Å²) in [6.07, 6.45) is 0. The lowest BCUT2D eigenvalue weighted by Crippen LogP contribution is -2.37. The van der Waals surface area contributed by atoms with Crippen LogP contribution in [-0.2, 0) is 11.3 Å². The van der Waals surface area contributed by atoms with Crippen molar-refractivity contribution in [3.05, 3.63) is 18.2 Å². The second kappa shape index (κ2) is 6.52. The Labute approximate surface area is 137 Å². The molecule has 1 aliphatic heterocycles. The van der Waals surface area contributed by atoms with Crippen molar-refractivity contribution < 1.29 is 19.1 Å². The smallest absolute Gasteiger partial charge is 0.324 e. The molecule has 10 nitrogen and oxygen atoms in total. The predicted molar refractivity (Wildman–Crippen MR) is 81.5 cm³/mol. The maximum atomic E-state index is 12.1. The fourth-order valence-corrected chi connectivity index (χ4v) is 2.32. The lowest BCUT2D eigenvalue weighted by molar-refractivity contribution is -0.128. The molecule has 0 atom stereocenters. The van der Waals surface area contributed by atoms with Crippen LogP contribution >= 0.6 is 0 Å². The minimum atomic E-state index is -0.403. The van der Waals surface area contributed by atoms with E-state index in [-0.39, 0.29) is 12.5 Å². The summed E-state index contributed by atoms with van der Waals surface area (Å²) >= 11 is 0. The van der Waals surface area contributed by atoms with Gasteiger partial charge < -0.3 is 14.8 Å². The molecule has 2 aromatic rings. The van der Waals surface area contributed by atoms with Crippen LogP contribution in [0, 0.1) is 0 Å². The SMILES string of the molecule is COc1ccc(-c2nnn(CC(=O)N3CCNC3=O)n2)cc1OC. The number of rotatable bonds is 5. The lowest BCUT2D eigenvalue weighted by Gasteiger charge is -2.10. The first-order valence-electron chi connectivity index (χ1n) is 7.21. The molecular formula is C14H16N6O4. The highest BCUT2D eigenvalue weighted by Crippen LogP contribution is 2.30. The van der Waals surface area contributed by atoms with E-state index in [0.717, 1.165) is 9.70 Å². The predicted octanol–water partition coefficient (Wildman–Crippen LogP) is -0.0909. The molecule has 0 unspecified atom stereocenters. The average molecular weight is 332 g/mol. The normalized spacial score (nSPS) is 13.8. The third-order valence-corrected chi connectivity index (χ3v) is 3.53. The minimum Gasteiger partial charge on any atom is -0.493 e. The standard InChI is InChI=1S/C14H16N6O4/c1-23-10-4-3-9(7-11(10)24-2)13-16-18-20(17-13)8-12(21)19-6-5-15-14(19)22/h3-4,7H,5-6,8H2,1-2H3,(H,15,22). The Kier molecular flexibility index (Phi) is 4.27. The zero-order valence-corrected chi connectivity index (χ0v) is 13.2. The summed E-state index contributed by atoms with van der Waals surface area (Å²) in [5, 5.41) is 14.5. The molecular weight excluding hydrogens is 316 g/mol. The Bertz CT molecular complexity index is 774. The average Bonchev–Trinajstić information content (AvgIpc) is 3.23. The first kappa shape index (κ1) is 15.7. The number of methoxy groups -OCH3 is 2. The van der Waals surface area contributed by atoms with Crippen molar-refractivity contribution in [3.8, 4) is 22.9 Å². The Balaban J connectivity index is 1.76. The summed E-state index contributed by atoms with van der Waals surface area (Å²) in [6.45, 7) is 0.634. The number of hydrogen-bond acceptors (Lipinski definition) is 7. The van der Waals surface area contributed by atoms with Gasteiger partial charge in [-0.1, -0.05) is 0 Å². The molecule has 126 valence electrons. The molecule has 0 radical (unpaired) electrons. The Morgan fingerprint density at radius 1 is 1.29 bits per heavy atom. The summed E-state index contributed by atoms with van der Waals surface area (Å²) in [7, 11) is 3.08. The molecule has 3 amide bonds. The molecule has 1 aliphatic rings. The molecule has 2 heterocycles. The van der Waals surface area contributed by atoms with Crippen molar-refractivity contribution in [2.45, 2.75) is 6.54 Å². The number of amides is 3. The number of urea groups is 1. The van der Waals surface area contributed by atoms with Gasteiger partial charge in [0.25, 0.3) is 5.91 Å². The number of hydrogen-bond donors (Lipinski definition) is 1. The number of nitrogens with zero attached hydrogens (tertiary/aromatic N) is 5. The van der Waals surface area contributed by atoms with E-state index in [9.17, 15) is 9.59 Å². The molecule has 0 spiro atoms. The van der Waals surface area contributed by atoms with Crippen LogP contribution in [0.2, 0.25) is 0 Å². The van der Waals surface area contributed by atoms with Crippen molar-refractivity contribution >= 4 is 11.9 Å². The zero-order valence-electron chi connectivity index (χ0n) is 13.2. The highest BCUT2D eigenvalue weighted by molar-refractivity contribution is 5.95. The summed E-state index contributed by atoms with van der Waals surface area (Å²) < 4.78 is 10.4. The lowest BCUT2D eigenvalue weighted by atomic mass is 10.2. The highest BCUT2D eigenvalue weighted by Gasteiger charge is 2.26. The topological polar surface area (TPSA) is 111 Å². The van der Waals surface area contributed by atoms with Crippen molar-refractivity contribution in [2.24, 2.45) is 0 Å². The van der Waals surface area contributed by atoms with Crippen LogP contribution in [-0.4, -0.2) is 64.4 Å². The van der Waals surface area contributed by atoms with Crippen molar-refractivity contribution in [1.82, 2.24) is 30.4 Å². The van der Waals surface area contributed by atoms with Gasteiger partial charge in [0.2, 0.25) is 5.82 Å². The number of carbonyl (C=O) groups excluding carboxylic acids is 2. The number of carbonyl (C=O) groups is 2. The van der Waals surface area contributed by atoms with E-state index < -0.39 is 6.03 Å². The molecule has 1 aromatic carbocycles. The van der Waals surface area contributed by atoms with E-state index in [4.69, 9.17) is 9.47 Å². The first-order valence-corrected chi connectivity index (χ1v) is 7.21. The number of nitrogens with one attached hydrogen (secondary N) is 1. The molecule has 3 rings (SSSR count). The monoisotopic (exact) mass is 332 g/mol. The number of tetrazole rings is 1. The Morgan fingerprint density at radius 2 is 2.08 bits per heavy atom. The number of imide groups is 1.